The summed E-state index contributed by atoms with van der Waals surface area (Å²) in [5.41, 5.74) is -8.80. The topological polar surface area (TPSA) is 329 Å². The Morgan fingerprint density at radius 1 is 0.593 bits per heavy atom. The number of hydrogen-bond acceptors (Lipinski definition) is 22. The number of fused-ring (bicyclic) bond motifs is 6. The summed E-state index contributed by atoms with van der Waals surface area (Å²) < 4.78 is 44.0. The van der Waals surface area contributed by atoms with Crippen LogP contribution >= 0.6 is 34.8 Å². The Labute approximate surface area is 513 Å². The maximum atomic E-state index is 12.8. The Morgan fingerprint density at radius 3 is 1.36 bits per heavy atom. The number of aliphatic hydroxyl groups excluding tert-OH is 1. The summed E-state index contributed by atoms with van der Waals surface area (Å²) in [5.74, 6) is -8.49. The van der Waals surface area contributed by atoms with E-state index < -0.39 is 136 Å². The fourth-order valence-electron chi connectivity index (χ4n) is 11.8. The zero-order valence-electron chi connectivity index (χ0n) is 50.7. The van der Waals surface area contributed by atoms with Gasteiger partial charge in [0.25, 0.3) is 0 Å². The zero-order chi connectivity index (χ0) is 65.5. The summed E-state index contributed by atoms with van der Waals surface area (Å²) in [6.45, 7) is 24.4. The van der Waals surface area contributed by atoms with E-state index in [1.807, 2.05) is 0 Å². The highest BCUT2D eigenvalue weighted by Crippen LogP contribution is 2.58. The average molecular weight is 1270 g/mol. The van der Waals surface area contributed by atoms with Crippen LogP contribution in [0, 0.1) is 11.8 Å². The molecule has 2 heterocycles. The molecule has 2 aliphatic heterocycles. The summed E-state index contributed by atoms with van der Waals surface area (Å²) >= 11 is 17.4. The Bertz CT molecular complexity index is 3150. The summed E-state index contributed by atoms with van der Waals surface area (Å²) in [5, 5.41) is 57.0. The van der Waals surface area contributed by atoms with E-state index in [0.29, 0.717) is 44.6 Å². The number of allylic oxidation sites excluding steroid dienone is 4. The van der Waals surface area contributed by atoms with Gasteiger partial charge in [0.2, 0.25) is 0 Å². The van der Waals surface area contributed by atoms with Crippen LogP contribution in [0.3, 0.4) is 0 Å². The Morgan fingerprint density at radius 2 is 0.977 bits per heavy atom. The Kier molecular flexibility index (Phi) is 21.5. The number of benzene rings is 1. The molecule has 1 aromatic carbocycles. The van der Waals surface area contributed by atoms with Gasteiger partial charge in [-0.1, -0.05) is 58.1 Å². The van der Waals surface area contributed by atoms with Crippen LogP contribution in [-0.4, -0.2) is 149 Å². The molecule has 0 aromatic heterocycles. The van der Waals surface area contributed by atoms with Gasteiger partial charge in [-0.2, -0.15) is 0 Å². The highest BCUT2D eigenvalue weighted by molar-refractivity contribution is 6.42. The molecule has 0 spiro atoms. The molecule has 25 heteroatoms. The minimum Gasteiger partial charge on any atom is -0.459 e. The summed E-state index contributed by atoms with van der Waals surface area (Å²) in [6, 6.07) is 2.69. The van der Waals surface area contributed by atoms with Crippen molar-refractivity contribution in [3.05, 3.63) is 102 Å². The smallest absolute Gasteiger partial charge is 0.349 e. The van der Waals surface area contributed by atoms with E-state index in [1.165, 1.54) is 51.1 Å². The second-order valence-corrected chi connectivity index (χ2v) is 24.8. The number of carbonyl (C=O) groups is 9. The molecule has 2 saturated carbocycles. The second-order valence-electron chi connectivity index (χ2n) is 23.5. The van der Waals surface area contributed by atoms with Gasteiger partial charge in [-0.25, -0.2) is 33.6 Å². The van der Waals surface area contributed by atoms with Gasteiger partial charge in [0.15, 0.2) is 34.6 Å². The van der Waals surface area contributed by atoms with E-state index in [9.17, 15) is 68.7 Å². The van der Waals surface area contributed by atoms with Crippen molar-refractivity contribution >= 4 is 88.5 Å². The lowest BCUT2D eigenvalue weighted by molar-refractivity contribution is -0.208. The van der Waals surface area contributed by atoms with E-state index in [2.05, 4.69) is 4.74 Å². The molecule has 0 unspecified atom stereocenters. The van der Waals surface area contributed by atoms with Crippen molar-refractivity contribution in [2.24, 2.45) is 11.8 Å². The predicted molar refractivity (Wildman–Crippen MR) is 307 cm³/mol. The third-order valence-corrected chi connectivity index (χ3v) is 17.4. The van der Waals surface area contributed by atoms with Gasteiger partial charge in [-0.3, -0.25) is 9.59 Å². The van der Waals surface area contributed by atoms with E-state index in [4.69, 9.17) is 68.0 Å². The molecular weight excluding hydrogens is 1190 g/mol. The molecule has 1 aromatic rings. The van der Waals surface area contributed by atoms with Gasteiger partial charge >= 0.3 is 53.7 Å². The van der Waals surface area contributed by atoms with Gasteiger partial charge in [0, 0.05) is 66.8 Å². The van der Waals surface area contributed by atoms with E-state index in [-0.39, 0.29) is 46.3 Å². The summed E-state index contributed by atoms with van der Waals surface area (Å²) in [7, 11) is 0. The first-order valence-corrected chi connectivity index (χ1v) is 28.5. The quantitative estimate of drug-likeness (QED) is 0.0508. The maximum Gasteiger partial charge on any atom is 0.349 e. The van der Waals surface area contributed by atoms with Gasteiger partial charge in [-0.05, 0) is 144 Å². The van der Waals surface area contributed by atoms with Crippen LogP contribution in [0.5, 0.6) is 0 Å². The van der Waals surface area contributed by atoms with Crippen LogP contribution in [-0.2, 0) is 76.3 Å². The molecule has 86 heavy (non-hydrogen) atoms. The van der Waals surface area contributed by atoms with Crippen LogP contribution in [0.15, 0.2) is 81.0 Å². The van der Waals surface area contributed by atoms with Gasteiger partial charge < -0.3 is 63.4 Å². The highest BCUT2D eigenvalue weighted by atomic mass is 35.5. The third kappa shape index (κ3) is 13.6. The normalized spacial score (nSPS) is 33.3. The average Bonchev–Trinajstić information content (AvgIpc) is 1.55. The minimum absolute atomic E-state index is 0.0310. The molecular formula is C61H75Cl3O22. The minimum atomic E-state index is -2.47. The van der Waals surface area contributed by atoms with Crippen molar-refractivity contribution in [3.8, 4) is 0 Å². The largest absolute Gasteiger partial charge is 0.459 e. The van der Waals surface area contributed by atoms with E-state index in [0.717, 1.165) is 13.8 Å². The molecule has 22 nitrogen and oxygen atoms in total. The number of aliphatic hydroxyl groups is 5. The Hall–Kier alpha value is -6.24. The lowest BCUT2D eigenvalue weighted by Crippen LogP contribution is -2.64. The van der Waals surface area contributed by atoms with Crippen molar-refractivity contribution in [2.45, 2.75) is 207 Å². The maximum absolute atomic E-state index is 12.8. The van der Waals surface area contributed by atoms with Gasteiger partial charge in [0.1, 0.15) is 29.5 Å². The van der Waals surface area contributed by atoms with Gasteiger partial charge in [0.05, 0.1) is 21.7 Å². The van der Waals surface area contributed by atoms with Crippen LogP contribution in [0.25, 0.3) is 0 Å². The first-order chi connectivity index (χ1) is 39.5. The van der Waals surface area contributed by atoms with Crippen LogP contribution in [0.1, 0.15) is 147 Å². The van der Waals surface area contributed by atoms with Crippen LogP contribution < -0.4 is 0 Å². The molecule has 4 aliphatic carbocycles. The van der Waals surface area contributed by atoms with E-state index in [1.54, 1.807) is 82.2 Å². The number of esters is 9. The summed E-state index contributed by atoms with van der Waals surface area (Å²) in [4.78, 5) is 110. The Balaban J connectivity index is 0.000000249. The zero-order valence-corrected chi connectivity index (χ0v) is 53.0. The molecule has 0 bridgehead atoms. The number of hydrogen-bond donors (Lipinski definition) is 5. The molecule has 0 radical (unpaired) electrons. The van der Waals surface area contributed by atoms with Crippen LogP contribution in [0.2, 0.25) is 15.1 Å². The van der Waals surface area contributed by atoms with Crippen molar-refractivity contribution in [1.29, 1.82) is 0 Å². The number of rotatable bonds is 10. The molecule has 2 saturated heterocycles. The first-order valence-electron chi connectivity index (χ1n) is 27.4. The fourth-order valence-corrected chi connectivity index (χ4v) is 12.8. The standard InChI is InChI=1S/C27H36O10.C22H30O9.C12H9Cl3O3/c1-9-14(4)23(30)34-18-11-17-21(15(18)5)22-27(33,26(8,32)24(31)36-22)19(35-20(29)10-13(2)3)12-25(17,7)37-16(6)28;1-10(2)7-16(25)29-15-9-20(5,31-12(4)23)13-8-14(24)11(3)17(13)18-22(15,28)21(6,27)19(26)30-18;1-3-6(2)11(16)18-12(17)10-8(14)4-7(13)5-9(10)15/h9-10,17-19,22,32-33H,11-12H2,1-8H3;7,13-15,18,24,27-28H,8-9H2,1-6H3;3-5H,1-2H3/b14-9-;;6-3-/t17-,18+,19-,22-,25-,26+,27+;13-,14+,15-,18-,20-,21+,22+;/m00./s1. The molecule has 4 fully saturated rings. The summed E-state index contributed by atoms with van der Waals surface area (Å²) in [6.07, 6.45) is -2.05. The molecule has 0 amide bonds. The van der Waals surface area contributed by atoms with Crippen LogP contribution in [0.4, 0.5) is 0 Å². The number of ether oxygens (including phenoxy) is 8. The lowest BCUT2D eigenvalue weighted by Gasteiger charge is -2.40. The number of halogens is 3. The van der Waals surface area contributed by atoms with Crippen molar-refractivity contribution in [2.75, 3.05) is 0 Å². The van der Waals surface area contributed by atoms with Crippen molar-refractivity contribution in [3.63, 3.8) is 0 Å². The fraction of sp³-hybridized carbons (Fsp3) is 0.557. The second kappa shape index (κ2) is 26.2. The van der Waals surface area contributed by atoms with Crippen molar-refractivity contribution < 1.29 is 107 Å². The monoisotopic (exact) mass is 1260 g/mol. The molecule has 6 aliphatic rings. The third-order valence-electron chi connectivity index (χ3n) is 16.6. The predicted octanol–water partition coefficient (Wildman–Crippen LogP) is 7.20. The van der Waals surface area contributed by atoms with Crippen molar-refractivity contribution in [1.82, 2.24) is 0 Å². The SMILES string of the molecule is C/C=C(/C)C(=O)OC(=O)c1c(Cl)cc(Cl)cc1Cl.C/C=C(/C)C(=O)O[C@@H]1C[C@H]2C(=C1C)[C@@H]1OC(=O)[C@@](C)(O)[C@@]1(O)[C@@H](OC(=O)C=C(C)C)C[C@]2(C)OC(C)=O.CC(=O)O[C@@]1(C)C[C@H](OC(=O)C=C(C)C)[C@@]2(O)[C@@H](OC(=O)[C@@]2(C)O)C2=C(C)[C@H](O)C[C@@H]21. The number of carbonyl (C=O) groups excluding carboxylic acids is 9. The van der Waals surface area contributed by atoms with Gasteiger partial charge in [-0.15, -0.1) is 0 Å². The molecule has 472 valence electrons. The molecule has 7 rings (SSSR count). The first kappa shape index (κ1) is 70.5. The lowest BCUT2D eigenvalue weighted by atomic mass is 9.75. The highest BCUT2D eigenvalue weighted by Gasteiger charge is 2.76. The molecule has 14 atom stereocenters. The molecule has 5 N–H and O–H groups in total. The van der Waals surface area contributed by atoms with E-state index >= 15 is 0 Å².